The number of carboxylic acid groups (broad SMARTS) is 1. The summed E-state index contributed by atoms with van der Waals surface area (Å²) in [6.07, 6.45) is 0. The number of benzene rings is 2. The van der Waals surface area contributed by atoms with Crippen LogP contribution in [0.1, 0.15) is 35.3 Å². The number of nitro benzene ring substituents is 1. The van der Waals surface area contributed by atoms with Crippen molar-refractivity contribution in [3.05, 3.63) is 68.2 Å². The van der Waals surface area contributed by atoms with Crippen molar-refractivity contribution in [3.63, 3.8) is 0 Å². The Bertz CT molecular complexity index is 944. The minimum Gasteiger partial charge on any atom is -0.494 e. The van der Waals surface area contributed by atoms with Crippen molar-refractivity contribution in [1.82, 2.24) is 0 Å². The van der Waals surface area contributed by atoms with Crippen molar-refractivity contribution >= 4 is 29.2 Å². The van der Waals surface area contributed by atoms with Gasteiger partial charge in [0.15, 0.2) is 0 Å². The summed E-state index contributed by atoms with van der Waals surface area (Å²) in [5.74, 6) is -1.76. The minimum absolute atomic E-state index is 0.0280. The first kappa shape index (κ1) is 21.2. The highest BCUT2D eigenvalue weighted by molar-refractivity contribution is 6.32. The molecule has 0 aliphatic heterocycles. The van der Waals surface area contributed by atoms with E-state index in [-0.39, 0.29) is 27.4 Å². The molecule has 0 aliphatic rings. The molecule has 0 aromatic heterocycles. The second-order valence-corrected chi connectivity index (χ2v) is 6.39. The first-order valence-corrected chi connectivity index (χ1v) is 8.58. The van der Waals surface area contributed by atoms with Crippen molar-refractivity contribution in [3.8, 4) is 5.75 Å². The molecule has 28 heavy (non-hydrogen) atoms. The van der Waals surface area contributed by atoms with Gasteiger partial charge in [-0.25, -0.2) is 4.79 Å². The van der Waals surface area contributed by atoms with Crippen LogP contribution in [0.5, 0.6) is 5.75 Å². The molecule has 0 spiro atoms. The van der Waals surface area contributed by atoms with E-state index in [0.717, 1.165) is 7.11 Å². The molecular weight excluding hydrogens is 390 g/mol. The van der Waals surface area contributed by atoms with E-state index >= 15 is 0 Å². The van der Waals surface area contributed by atoms with E-state index in [1.807, 2.05) is 0 Å². The van der Waals surface area contributed by atoms with Crippen molar-refractivity contribution < 1.29 is 29.1 Å². The fourth-order valence-electron chi connectivity index (χ4n) is 2.94. The average Bonchev–Trinajstić information content (AvgIpc) is 2.66. The molecule has 2 aromatic carbocycles. The molecule has 0 bridgehead atoms. The number of carbonyl (C=O) groups is 2. The highest BCUT2D eigenvalue weighted by Crippen LogP contribution is 2.43. The van der Waals surface area contributed by atoms with Gasteiger partial charge in [0.2, 0.25) is 0 Å². The summed E-state index contributed by atoms with van der Waals surface area (Å²) in [4.78, 5) is 35.2. The maximum atomic E-state index is 12.8. The van der Waals surface area contributed by atoms with Gasteiger partial charge in [-0.05, 0) is 49.7 Å². The molecule has 1 N–H and O–H groups in total. The SMILES string of the molecule is CCOc1ccc([N+](=O)[O-])c(C(C)(C(=O)OC)c2cc(C(=O)O)ccc2Cl)c1. The summed E-state index contributed by atoms with van der Waals surface area (Å²) >= 11 is 6.27. The zero-order valence-electron chi connectivity index (χ0n) is 15.4. The number of ether oxygens (including phenoxy) is 2. The average molecular weight is 408 g/mol. The Balaban J connectivity index is 2.90. The third-order valence-corrected chi connectivity index (χ3v) is 4.69. The quantitative estimate of drug-likeness (QED) is 0.421. The Labute approximate surface area is 165 Å². The zero-order chi connectivity index (χ0) is 21.1. The number of carbonyl (C=O) groups excluding carboxylic acids is 1. The number of nitro groups is 1. The number of hydrogen-bond donors (Lipinski definition) is 1. The second-order valence-electron chi connectivity index (χ2n) is 5.99. The molecule has 1 atom stereocenters. The lowest BCUT2D eigenvalue weighted by Crippen LogP contribution is -2.36. The number of esters is 1. The van der Waals surface area contributed by atoms with Crippen LogP contribution in [-0.4, -0.2) is 35.7 Å². The number of hydrogen-bond acceptors (Lipinski definition) is 6. The fourth-order valence-corrected chi connectivity index (χ4v) is 3.25. The number of nitrogens with zero attached hydrogens (tertiary/aromatic N) is 1. The molecule has 148 valence electrons. The van der Waals surface area contributed by atoms with E-state index in [9.17, 15) is 24.8 Å². The molecule has 2 aromatic rings. The number of methoxy groups -OCH3 is 1. The van der Waals surface area contributed by atoms with Gasteiger partial charge in [-0.3, -0.25) is 14.9 Å². The van der Waals surface area contributed by atoms with Gasteiger partial charge in [-0.15, -0.1) is 0 Å². The van der Waals surface area contributed by atoms with Gasteiger partial charge in [0, 0.05) is 11.1 Å². The molecule has 1 unspecified atom stereocenters. The van der Waals surface area contributed by atoms with Crippen LogP contribution in [0.3, 0.4) is 0 Å². The third-order valence-electron chi connectivity index (χ3n) is 4.36. The molecule has 8 nitrogen and oxygen atoms in total. The molecule has 9 heteroatoms. The first-order valence-electron chi connectivity index (χ1n) is 8.20. The predicted octanol–water partition coefficient (Wildman–Crippen LogP) is 3.82. The van der Waals surface area contributed by atoms with Crippen LogP contribution in [-0.2, 0) is 14.9 Å². The van der Waals surface area contributed by atoms with Gasteiger partial charge >= 0.3 is 11.9 Å². The molecule has 0 amide bonds. The Kier molecular flexibility index (Phi) is 6.25. The topological polar surface area (TPSA) is 116 Å². The van der Waals surface area contributed by atoms with Crippen LogP contribution in [0, 0.1) is 10.1 Å². The predicted molar refractivity (Wildman–Crippen MR) is 101 cm³/mol. The lowest BCUT2D eigenvalue weighted by atomic mass is 9.74. The lowest BCUT2D eigenvalue weighted by Gasteiger charge is -2.29. The molecular formula is C19H18ClNO7. The van der Waals surface area contributed by atoms with Crippen LogP contribution < -0.4 is 4.74 Å². The smallest absolute Gasteiger partial charge is 0.335 e. The van der Waals surface area contributed by atoms with Crippen LogP contribution in [0.4, 0.5) is 5.69 Å². The van der Waals surface area contributed by atoms with E-state index in [0.29, 0.717) is 12.4 Å². The van der Waals surface area contributed by atoms with E-state index < -0.39 is 22.3 Å². The summed E-state index contributed by atoms with van der Waals surface area (Å²) in [5.41, 5.74) is -2.20. The maximum absolute atomic E-state index is 12.8. The van der Waals surface area contributed by atoms with Crippen molar-refractivity contribution in [2.24, 2.45) is 0 Å². The van der Waals surface area contributed by atoms with Crippen molar-refractivity contribution in [1.29, 1.82) is 0 Å². The molecule has 2 rings (SSSR count). The summed E-state index contributed by atoms with van der Waals surface area (Å²) in [6.45, 7) is 3.44. The van der Waals surface area contributed by atoms with E-state index in [1.165, 1.54) is 43.3 Å². The monoisotopic (exact) mass is 407 g/mol. The van der Waals surface area contributed by atoms with Crippen LogP contribution in [0.2, 0.25) is 5.02 Å². The lowest BCUT2D eigenvalue weighted by molar-refractivity contribution is -0.385. The molecule has 0 aliphatic carbocycles. The molecule has 0 saturated carbocycles. The Morgan fingerprint density at radius 2 is 1.89 bits per heavy atom. The summed E-state index contributed by atoms with van der Waals surface area (Å²) in [7, 11) is 1.13. The largest absolute Gasteiger partial charge is 0.494 e. The van der Waals surface area contributed by atoms with Gasteiger partial charge < -0.3 is 14.6 Å². The van der Waals surface area contributed by atoms with Crippen LogP contribution in [0.15, 0.2) is 36.4 Å². The summed E-state index contributed by atoms with van der Waals surface area (Å²) in [5, 5.41) is 21.0. The minimum atomic E-state index is -1.76. The van der Waals surface area contributed by atoms with E-state index in [1.54, 1.807) is 6.92 Å². The Morgan fingerprint density at radius 3 is 2.43 bits per heavy atom. The second kappa shape index (κ2) is 8.26. The fraction of sp³-hybridized carbons (Fsp3) is 0.263. The standard InChI is InChI=1S/C19H18ClNO7/c1-4-28-12-6-8-16(21(25)26)14(10-12)19(2,18(24)27-3)13-9-11(17(22)23)5-7-15(13)20/h5-10H,4H2,1-3H3,(H,22,23). The number of halogens is 1. The zero-order valence-corrected chi connectivity index (χ0v) is 16.1. The first-order chi connectivity index (χ1) is 13.2. The van der Waals surface area contributed by atoms with E-state index in [2.05, 4.69) is 0 Å². The van der Waals surface area contributed by atoms with Gasteiger partial charge in [0.05, 0.1) is 29.8 Å². The van der Waals surface area contributed by atoms with Crippen LogP contribution >= 0.6 is 11.6 Å². The normalized spacial score (nSPS) is 12.7. The van der Waals surface area contributed by atoms with Crippen molar-refractivity contribution in [2.75, 3.05) is 13.7 Å². The van der Waals surface area contributed by atoms with Gasteiger partial charge in [-0.2, -0.15) is 0 Å². The Morgan fingerprint density at radius 1 is 1.21 bits per heavy atom. The highest BCUT2D eigenvalue weighted by atomic mass is 35.5. The van der Waals surface area contributed by atoms with Gasteiger partial charge in [0.1, 0.15) is 11.2 Å². The molecule has 0 heterocycles. The van der Waals surface area contributed by atoms with Crippen LogP contribution in [0.25, 0.3) is 0 Å². The van der Waals surface area contributed by atoms with Crippen molar-refractivity contribution in [2.45, 2.75) is 19.3 Å². The number of carboxylic acids is 1. The third kappa shape index (κ3) is 3.77. The summed E-state index contributed by atoms with van der Waals surface area (Å²) in [6, 6.07) is 7.80. The summed E-state index contributed by atoms with van der Waals surface area (Å²) < 4.78 is 10.3. The highest BCUT2D eigenvalue weighted by Gasteiger charge is 2.45. The number of aromatic carboxylic acids is 1. The molecule has 0 fully saturated rings. The molecule has 0 saturated heterocycles. The Hall–Kier alpha value is -3.13. The maximum Gasteiger partial charge on any atom is 0.335 e. The van der Waals surface area contributed by atoms with Gasteiger partial charge in [-0.1, -0.05) is 11.6 Å². The number of rotatable bonds is 7. The molecule has 0 radical (unpaired) electrons. The van der Waals surface area contributed by atoms with E-state index in [4.69, 9.17) is 21.1 Å². The van der Waals surface area contributed by atoms with Gasteiger partial charge in [0.25, 0.3) is 5.69 Å².